The summed E-state index contributed by atoms with van der Waals surface area (Å²) in [5, 5.41) is 16.1. The highest BCUT2D eigenvalue weighted by Gasteiger charge is 2.12. The first-order chi connectivity index (χ1) is 13.5. The number of guanidine groups is 1. The number of hydrogen-bond donors (Lipinski definition) is 4. The molecule has 0 saturated heterocycles. The minimum Gasteiger partial charge on any atom is -0.396 e. The second kappa shape index (κ2) is 10.8. The van der Waals surface area contributed by atoms with Crippen molar-refractivity contribution in [2.24, 2.45) is 4.99 Å². The summed E-state index contributed by atoms with van der Waals surface area (Å²) in [6, 6.07) is 16.5. The highest BCUT2D eigenvalue weighted by atomic mass is 32.2. The number of sulfonamides is 1. The zero-order chi connectivity index (χ0) is 20.4. The summed E-state index contributed by atoms with van der Waals surface area (Å²) < 4.78 is 26.2. The Bertz CT molecular complexity index is 870. The van der Waals surface area contributed by atoms with Gasteiger partial charge in [0.05, 0.1) is 18.0 Å². The van der Waals surface area contributed by atoms with Gasteiger partial charge in [0.15, 0.2) is 5.96 Å². The third-order valence-electron chi connectivity index (χ3n) is 4.25. The topological polar surface area (TPSA) is 103 Å². The van der Waals surface area contributed by atoms with Gasteiger partial charge in [-0.25, -0.2) is 18.1 Å². The molecule has 0 saturated carbocycles. The number of hydrogen-bond acceptors (Lipinski definition) is 4. The molecule has 0 aliphatic carbocycles. The van der Waals surface area contributed by atoms with Crippen molar-refractivity contribution >= 4 is 16.0 Å². The molecule has 2 aromatic rings. The molecular formula is C20H28N4O3S. The van der Waals surface area contributed by atoms with Crippen molar-refractivity contribution in [2.75, 3.05) is 26.7 Å². The number of aliphatic hydroxyl groups is 1. The molecule has 1 atom stereocenters. The molecule has 2 aromatic carbocycles. The summed E-state index contributed by atoms with van der Waals surface area (Å²) in [7, 11) is -2.10. The van der Waals surface area contributed by atoms with E-state index in [4.69, 9.17) is 0 Å². The van der Waals surface area contributed by atoms with E-state index in [1.807, 2.05) is 43.3 Å². The van der Waals surface area contributed by atoms with E-state index >= 15 is 0 Å². The minimum atomic E-state index is -3.48. The van der Waals surface area contributed by atoms with Gasteiger partial charge in [-0.2, -0.15) is 0 Å². The van der Waals surface area contributed by atoms with Crippen molar-refractivity contribution in [3.8, 4) is 0 Å². The summed E-state index contributed by atoms with van der Waals surface area (Å²) in [4.78, 5) is 4.74. The van der Waals surface area contributed by atoms with Crippen LogP contribution in [0.2, 0.25) is 0 Å². The van der Waals surface area contributed by atoms with Crippen LogP contribution in [0.5, 0.6) is 0 Å². The molecule has 0 fully saturated rings. The third kappa shape index (κ3) is 6.33. The molecule has 2 rings (SSSR count). The predicted molar refractivity (Wildman–Crippen MR) is 112 cm³/mol. The Morgan fingerprint density at radius 1 is 1.11 bits per heavy atom. The van der Waals surface area contributed by atoms with Crippen LogP contribution >= 0.6 is 0 Å². The first kappa shape index (κ1) is 21.9. The van der Waals surface area contributed by atoms with Crippen LogP contribution in [0.4, 0.5) is 0 Å². The minimum absolute atomic E-state index is 0.0281. The molecular weight excluding hydrogens is 376 g/mol. The van der Waals surface area contributed by atoms with Gasteiger partial charge in [0.2, 0.25) is 10.0 Å². The number of aliphatic imine (C=N–C) groups is 1. The molecule has 0 spiro atoms. The third-order valence-corrected chi connectivity index (χ3v) is 5.66. The van der Waals surface area contributed by atoms with Gasteiger partial charge in [0.1, 0.15) is 0 Å². The first-order valence-corrected chi connectivity index (χ1v) is 10.7. The van der Waals surface area contributed by atoms with Crippen LogP contribution in [0.3, 0.4) is 0 Å². The zero-order valence-electron chi connectivity index (χ0n) is 16.2. The lowest BCUT2D eigenvalue weighted by molar-refractivity contribution is 0.265. The van der Waals surface area contributed by atoms with E-state index in [1.165, 1.54) is 7.05 Å². The Morgan fingerprint density at radius 3 is 2.50 bits per heavy atom. The molecule has 0 aromatic heterocycles. The fourth-order valence-corrected chi connectivity index (χ4v) is 3.47. The Hall–Kier alpha value is -2.42. The van der Waals surface area contributed by atoms with Crippen molar-refractivity contribution in [3.05, 3.63) is 65.7 Å². The lowest BCUT2D eigenvalue weighted by atomic mass is 10.0. The standard InChI is InChI=1S/C20H28N4O3S/c1-3-22-20(24-14-18(15-25)17-9-5-4-6-10-17)23-13-16-8-7-11-19(12-16)28(26,27)21-2/h4-12,18,21,25H,3,13-15H2,1-2H3,(H2,22,23,24). The average Bonchev–Trinajstić information content (AvgIpc) is 2.73. The Labute approximate surface area is 167 Å². The second-order valence-electron chi connectivity index (χ2n) is 6.22. The van der Waals surface area contributed by atoms with Crippen molar-refractivity contribution in [3.63, 3.8) is 0 Å². The molecule has 0 radical (unpaired) electrons. The van der Waals surface area contributed by atoms with Gasteiger partial charge in [-0.1, -0.05) is 42.5 Å². The van der Waals surface area contributed by atoms with Crippen molar-refractivity contribution in [1.82, 2.24) is 15.4 Å². The Kier molecular flexibility index (Phi) is 8.43. The van der Waals surface area contributed by atoms with E-state index < -0.39 is 10.0 Å². The Morgan fingerprint density at radius 2 is 1.86 bits per heavy atom. The average molecular weight is 405 g/mol. The molecule has 28 heavy (non-hydrogen) atoms. The zero-order valence-corrected chi connectivity index (χ0v) is 17.0. The lowest BCUT2D eigenvalue weighted by Gasteiger charge is -2.18. The van der Waals surface area contributed by atoms with Crippen LogP contribution in [0.25, 0.3) is 0 Å². The SMILES string of the molecule is CCNC(=NCc1cccc(S(=O)(=O)NC)c1)NCC(CO)c1ccccc1. The van der Waals surface area contributed by atoms with Crippen LogP contribution in [-0.2, 0) is 16.6 Å². The quantitative estimate of drug-likeness (QED) is 0.374. The van der Waals surface area contributed by atoms with Gasteiger partial charge in [-0.3, -0.25) is 0 Å². The van der Waals surface area contributed by atoms with Crippen molar-refractivity contribution in [1.29, 1.82) is 0 Å². The highest BCUT2D eigenvalue weighted by molar-refractivity contribution is 7.89. The number of nitrogens with one attached hydrogen (secondary N) is 3. The summed E-state index contributed by atoms with van der Waals surface area (Å²) in [6.07, 6.45) is 0. The monoisotopic (exact) mass is 404 g/mol. The lowest BCUT2D eigenvalue weighted by Crippen LogP contribution is -2.39. The Balaban J connectivity index is 2.07. The summed E-state index contributed by atoms with van der Waals surface area (Å²) >= 11 is 0. The normalized spacial score (nSPS) is 13.2. The molecule has 0 aliphatic rings. The number of nitrogens with zero attached hydrogens (tertiary/aromatic N) is 1. The van der Waals surface area contributed by atoms with Crippen molar-refractivity contribution < 1.29 is 13.5 Å². The van der Waals surface area contributed by atoms with Gasteiger partial charge in [-0.05, 0) is 37.2 Å². The molecule has 0 aliphatic heterocycles. The fourth-order valence-electron chi connectivity index (χ4n) is 2.67. The van der Waals surface area contributed by atoms with Crippen LogP contribution in [0.1, 0.15) is 24.0 Å². The van der Waals surface area contributed by atoms with Crippen LogP contribution in [-0.4, -0.2) is 46.2 Å². The number of benzene rings is 2. The van der Waals surface area contributed by atoms with E-state index in [9.17, 15) is 13.5 Å². The second-order valence-corrected chi connectivity index (χ2v) is 8.11. The van der Waals surface area contributed by atoms with E-state index in [1.54, 1.807) is 18.2 Å². The van der Waals surface area contributed by atoms with E-state index in [0.29, 0.717) is 25.6 Å². The number of rotatable bonds is 9. The molecule has 152 valence electrons. The van der Waals surface area contributed by atoms with Gasteiger partial charge in [0.25, 0.3) is 0 Å². The van der Waals surface area contributed by atoms with Gasteiger partial charge in [-0.15, -0.1) is 0 Å². The number of aliphatic hydroxyl groups excluding tert-OH is 1. The molecule has 0 heterocycles. The van der Waals surface area contributed by atoms with Gasteiger partial charge >= 0.3 is 0 Å². The maximum atomic E-state index is 11.9. The molecule has 0 amide bonds. The fraction of sp³-hybridized carbons (Fsp3) is 0.350. The van der Waals surface area contributed by atoms with Crippen LogP contribution in [0.15, 0.2) is 64.5 Å². The summed E-state index contributed by atoms with van der Waals surface area (Å²) in [5.74, 6) is 0.563. The molecule has 8 heteroatoms. The molecule has 0 bridgehead atoms. The van der Waals surface area contributed by atoms with Crippen LogP contribution < -0.4 is 15.4 Å². The van der Waals surface area contributed by atoms with E-state index in [0.717, 1.165) is 11.1 Å². The van der Waals surface area contributed by atoms with E-state index in [2.05, 4.69) is 20.3 Å². The van der Waals surface area contributed by atoms with Crippen molar-refractivity contribution in [2.45, 2.75) is 24.3 Å². The first-order valence-electron chi connectivity index (χ1n) is 9.20. The molecule has 1 unspecified atom stereocenters. The summed E-state index contributed by atoms with van der Waals surface area (Å²) in [5.41, 5.74) is 1.84. The highest BCUT2D eigenvalue weighted by Crippen LogP contribution is 2.14. The van der Waals surface area contributed by atoms with E-state index in [-0.39, 0.29) is 17.4 Å². The molecule has 7 nitrogen and oxygen atoms in total. The predicted octanol–water partition coefficient (Wildman–Crippen LogP) is 1.43. The maximum absolute atomic E-state index is 11.9. The van der Waals surface area contributed by atoms with Crippen LogP contribution in [0, 0.1) is 0 Å². The molecule has 4 N–H and O–H groups in total. The van der Waals surface area contributed by atoms with Gasteiger partial charge < -0.3 is 15.7 Å². The maximum Gasteiger partial charge on any atom is 0.240 e. The van der Waals surface area contributed by atoms with Gasteiger partial charge in [0, 0.05) is 19.0 Å². The smallest absolute Gasteiger partial charge is 0.240 e. The largest absolute Gasteiger partial charge is 0.396 e. The summed E-state index contributed by atoms with van der Waals surface area (Å²) in [6.45, 7) is 3.55.